The molecule has 0 aromatic heterocycles. The first-order chi connectivity index (χ1) is 18.5. The second-order valence-corrected chi connectivity index (χ2v) is 12.1. The van der Waals surface area contributed by atoms with Gasteiger partial charge in [-0.2, -0.15) is 0 Å². The molecule has 0 heterocycles. The summed E-state index contributed by atoms with van der Waals surface area (Å²) >= 11 is 6.47. The molecule has 39 heavy (non-hydrogen) atoms. The highest BCUT2D eigenvalue weighted by Crippen LogP contribution is 2.23. The number of sulfonamides is 1. The van der Waals surface area contributed by atoms with E-state index in [1.165, 1.54) is 4.90 Å². The predicted octanol–water partition coefficient (Wildman–Crippen LogP) is 4.97. The van der Waals surface area contributed by atoms with Gasteiger partial charge < -0.3 is 10.2 Å². The van der Waals surface area contributed by atoms with E-state index in [1.54, 1.807) is 36.4 Å². The van der Waals surface area contributed by atoms with E-state index in [2.05, 4.69) is 5.32 Å². The summed E-state index contributed by atoms with van der Waals surface area (Å²) in [5.74, 6) is -0.822. The Labute approximate surface area is 236 Å². The van der Waals surface area contributed by atoms with Gasteiger partial charge in [0.2, 0.25) is 21.8 Å². The molecule has 0 spiro atoms. The van der Waals surface area contributed by atoms with Crippen molar-refractivity contribution < 1.29 is 18.0 Å². The van der Waals surface area contributed by atoms with E-state index < -0.39 is 28.5 Å². The van der Waals surface area contributed by atoms with Gasteiger partial charge in [0.25, 0.3) is 0 Å². The van der Waals surface area contributed by atoms with Crippen molar-refractivity contribution in [1.82, 2.24) is 10.2 Å². The Morgan fingerprint density at radius 1 is 0.974 bits per heavy atom. The number of amides is 2. The van der Waals surface area contributed by atoms with Crippen LogP contribution in [0.2, 0.25) is 5.02 Å². The molecule has 3 aromatic carbocycles. The van der Waals surface area contributed by atoms with E-state index in [-0.39, 0.29) is 24.9 Å². The van der Waals surface area contributed by atoms with Crippen molar-refractivity contribution in [3.05, 3.63) is 101 Å². The average Bonchev–Trinajstić information content (AvgIpc) is 2.89. The molecule has 0 saturated carbocycles. The number of hydrogen-bond donors (Lipinski definition) is 1. The smallest absolute Gasteiger partial charge is 0.244 e. The fraction of sp³-hybridized carbons (Fsp3) is 0.333. The largest absolute Gasteiger partial charge is 0.352 e. The summed E-state index contributed by atoms with van der Waals surface area (Å²) < 4.78 is 26.8. The van der Waals surface area contributed by atoms with Crippen LogP contribution in [-0.4, -0.2) is 50.0 Å². The van der Waals surface area contributed by atoms with Gasteiger partial charge in [-0.3, -0.25) is 13.9 Å². The lowest BCUT2D eigenvalue weighted by molar-refractivity contribution is -0.140. The molecule has 0 aliphatic heterocycles. The van der Waals surface area contributed by atoms with Crippen molar-refractivity contribution in [2.24, 2.45) is 0 Å². The molecular weight excluding hydrogens is 534 g/mol. The van der Waals surface area contributed by atoms with E-state index >= 15 is 0 Å². The number of anilines is 1. The van der Waals surface area contributed by atoms with E-state index in [0.717, 1.165) is 28.1 Å². The number of aryl methyl sites for hydroxylation is 1. The summed E-state index contributed by atoms with van der Waals surface area (Å²) in [6, 6.07) is 22.5. The Hall–Kier alpha value is -3.36. The lowest BCUT2D eigenvalue weighted by atomic mass is 10.0. The van der Waals surface area contributed by atoms with Gasteiger partial charge in [0.1, 0.15) is 12.6 Å². The standard InChI is InChI=1S/C30H36ClN3O4S/c1-5-23(3)32-30(36)28(19-24-13-7-6-8-14-24)33(20-25-15-9-10-17-27(25)31)29(35)21-34(39(4,37)38)26-16-11-12-22(2)18-26/h6-18,23,28H,5,19-21H2,1-4H3,(H,32,36)/t23-,28+/m0/s1. The van der Waals surface area contributed by atoms with Crippen LogP contribution in [0.4, 0.5) is 5.69 Å². The number of benzene rings is 3. The molecule has 2 atom stereocenters. The molecule has 0 bridgehead atoms. The van der Waals surface area contributed by atoms with Crippen molar-refractivity contribution in [2.75, 3.05) is 17.1 Å². The molecule has 0 unspecified atom stereocenters. The molecule has 3 rings (SSSR count). The summed E-state index contributed by atoms with van der Waals surface area (Å²) in [6.07, 6.45) is 2.04. The Bertz CT molecular complexity index is 1380. The maximum atomic E-state index is 14.1. The van der Waals surface area contributed by atoms with Gasteiger partial charge in [0.05, 0.1) is 11.9 Å². The van der Waals surface area contributed by atoms with E-state index in [9.17, 15) is 18.0 Å². The van der Waals surface area contributed by atoms with Crippen LogP contribution < -0.4 is 9.62 Å². The Balaban J connectivity index is 2.07. The number of nitrogens with zero attached hydrogens (tertiary/aromatic N) is 2. The highest BCUT2D eigenvalue weighted by molar-refractivity contribution is 7.92. The van der Waals surface area contributed by atoms with Crippen molar-refractivity contribution in [2.45, 2.75) is 52.2 Å². The molecule has 208 valence electrons. The van der Waals surface area contributed by atoms with Crippen LogP contribution in [0, 0.1) is 6.92 Å². The molecule has 3 aromatic rings. The number of rotatable bonds is 12. The first-order valence-electron chi connectivity index (χ1n) is 12.9. The number of hydrogen-bond acceptors (Lipinski definition) is 4. The van der Waals surface area contributed by atoms with E-state index in [1.807, 2.05) is 63.2 Å². The van der Waals surface area contributed by atoms with Crippen LogP contribution in [0.1, 0.15) is 37.0 Å². The molecular formula is C30H36ClN3O4S. The topological polar surface area (TPSA) is 86.8 Å². The van der Waals surface area contributed by atoms with Crippen molar-refractivity contribution in [3.8, 4) is 0 Å². The quantitative estimate of drug-likeness (QED) is 0.334. The first-order valence-corrected chi connectivity index (χ1v) is 15.1. The summed E-state index contributed by atoms with van der Waals surface area (Å²) in [7, 11) is -3.81. The lowest BCUT2D eigenvalue weighted by Crippen LogP contribution is -2.54. The minimum atomic E-state index is -3.81. The summed E-state index contributed by atoms with van der Waals surface area (Å²) in [5.41, 5.74) is 2.77. The Morgan fingerprint density at radius 2 is 1.64 bits per heavy atom. The zero-order chi connectivity index (χ0) is 28.6. The second kappa shape index (κ2) is 13.6. The van der Waals surface area contributed by atoms with Gasteiger partial charge in [0.15, 0.2) is 0 Å². The molecule has 2 amide bonds. The summed E-state index contributed by atoms with van der Waals surface area (Å²) in [6.45, 7) is 5.30. The minimum Gasteiger partial charge on any atom is -0.352 e. The second-order valence-electron chi connectivity index (χ2n) is 9.75. The third-order valence-electron chi connectivity index (χ3n) is 6.54. The van der Waals surface area contributed by atoms with Gasteiger partial charge in [-0.25, -0.2) is 8.42 Å². The predicted molar refractivity (Wildman–Crippen MR) is 157 cm³/mol. The van der Waals surface area contributed by atoms with Crippen LogP contribution in [0.25, 0.3) is 0 Å². The maximum Gasteiger partial charge on any atom is 0.244 e. The van der Waals surface area contributed by atoms with Gasteiger partial charge in [0, 0.05) is 24.0 Å². The van der Waals surface area contributed by atoms with Crippen molar-refractivity contribution in [1.29, 1.82) is 0 Å². The van der Waals surface area contributed by atoms with Crippen LogP contribution in [0.5, 0.6) is 0 Å². The first kappa shape index (κ1) is 30.2. The van der Waals surface area contributed by atoms with Crippen LogP contribution >= 0.6 is 11.6 Å². The Kier molecular flexibility index (Phi) is 10.5. The highest BCUT2D eigenvalue weighted by Gasteiger charge is 2.33. The minimum absolute atomic E-state index is 0.0371. The lowest BCUT2D eigenvalue weighted by Gasteiger charge is -2.34. The number of halogens is 1. The van der Waals surface area contributed by atoms with E-state index in [0.29, 0.717) is 16.3 Å². The highest BCUT2D eigenvalue weighted by atomic mass is 35.5. The van der Waals surface area contributed by atoms with Crippen LogP contribution in [-0.2, 0) is 32.6 Å². The Morgan fingerprint density at radius 3 is 2.26 bits per heavy atom. The maximum absolute atomic E-state index is 14.1. The number of carbonyl (C=O) groups excluding carboxylic acids is 2. The van der Waals surface area contributed by atoms with Gasteiger partial charge in [-0.05, 0) is 55.2 Å². The summed E-state index contributed by atoms with van der Waals surface area (Å²) in [4.78, 5) is 29.2. The molecule has 0 aliphatic rings. The van der Waals surface area contributed by atoms with Crippen LogP contribution in [0.3, 0.4) is 0 Å². The zero-order valence-corrected chi connectivity index (χ0v) is 24.4. The normalized spacial score (nSPS) is 12.8. The monoisotopic (exact) mass is 569 g/mol. The van der Waals surface area contributed by atoms with Crippen molar-refractivity contribution >= 4 is 39.1 Å². The number of carbonyl (C=O) groups is 2. The number of nitrogens with one attached hydrogen (secondary N) is 1. The molecule has 0 saturated heterocycles. The zero-order valence-electron chi connectivity index (χ0n) is 22.8. The molecule has 7 nitrogen and oxygen atoms in total. The molecule has 0 radical (unpaired) electrons. The fourth-order valence-corrected chi connectivity index (χ4v) is 5.24. The van der Waals surface area contributed by atoms with Crippen molar-refractivity contribution in [3.63, 3.8) is 0 Å². The molecule has 0 fully saturated rings. The average molecular weight is 570 g/mol. The fourth-order valence-electron chi connectivity index (χ4n) is 4.20. The van der Waals surface area contributed by atoms with E-state index in [4.69, 9.17) is 11.6 Å². The van der Waals surface area contributed by atoms with Gasteiger partial charge in [-0.15, -0.1) is 0 Å². The van der Waals surface area contributed by atoms with Gasteiger partial charge >= 0.3 is 0 Å². The molecule has 9 heteroatoms. The molecule has 0 aliphatic carbocycles. The SMILES string of the molecule is CC[C@H](C)NC(=O)[C@@H](Cc1ccccc1)N(Cc1ccccc1Cl)C(=O)CN(c1cccc(C)c1)S(C)(=O)=O. The van der Waals surface area contributed by atoms with Crippen LogP contribution in [0.15, 0.2) is 78.9 Å². The van der Waals surface area contributed by atoms with Gasteiger partial charge in [-0.1, -0.05) is 79.2 Å². The third kappa shape index (κ3) is 8.57. The molecule has 1 N–H and O–H groups in total. The summed E-state index contributed by atoms with van der Waals surface area (Å²) in [5, 5.41) is 3.46. The third-order valence-corrected chi connectivity index (χ3v) is 8.05.